The van der Waals surface area contributed by atoms with E-state index in [1.807, 2.05) is 0 Å². The van der Waals surface area contributed by atoms with Crippen molar-refractivity contribution in [2.75, 3.05) is 5.88 Å². The van der Waals surface area contributed by atoms with E-state index < -0.39 is 5.60 Å². The largest absolute Gasteiger partial charge is 0.390 e. The maximum Gasteiger partial charge on any atom is 0.235 e. The fourth-order valence-corrected chi connectivity index (χ4v) is 5.33. The Morgan fingerprint density at radius 3 is 2.29 bits per heavy atom. The van der Waals surface area contributed by atoms with E-state index in [9.17, 15) is 9.90 Å². The average molecular weight is 306 g/mol. The van der Waals surface area contributed by atoms with E-state index in [2.05, 4.69) is 29.6 Å². The normalized spacial score (nSPS) is 39.7. The van der Waals surface area contributed by atoms with E-state index in [-0.39, 0.29) is 17.3 Å². The van der Waals surface area contributed by atoms with Gasteiger partial charge in [0.15, 0.2) is 0 Å². The van der Waals surface area contributed by atoms with Crippen molar-refractivity contribution in [1.29, 1.82) is 0 Å². The van der Waals surface area contributed by atoms with Crippen LogP contribution in [0, 0.1) is 0 Å². The van der Waals surface area contributed by atoms with Gasteiger partial charge in [-0.05, 0) is 55.1 Å². The molecule has 112 valence electrons. The molecule has 2 unspecified atom stereocenters. The van der Waals surface area contributed by atoms with Crippen molar-refractivity contribution in [2.45, 2.75) is 55.1 Å². The predicted octanol–water partition coefficient (Wildman–Crippen LogP) is 2.67. The van der Waals surface area contributed by atoms with Gasteiger partial charge in [-0.15, -0.1) is 11.6 Å². The van der Waals surface area contributed by atoms with E-state index in [0.717, 1.165) is 25.7 Å². The van der Waals surface area contributed by atoms with Gasteiger partial charge in [0.25, 0.3) is 0 Å². The Bertz CT molecular complexity index is 565. The van der Waals surface area contributed by atoms with Crippen LogP contribution in [0.3, 0.4) is 0 Å². The second-order valence-corrected chi connectivity index (χ2v) is 7.47. The first-order valence-corrected chi connectivity index (χ1v) is 8.24. The molecule has 4 aliphatic carbocycles. The van der Waals surface area contributed by atoms with Crippen molar-refractivity contribution >= 4 is 17.5 Å². The molecule has 21 heavy (non-hydrogen) atoms. The van der Waals surface area contributed by atoms with Crippen LogP contribution in [0.4, 0.5) is 0 Å². The summed E-state index contributed by atoms with van der Waals surface area (Å²) in [6.07, 6.45) is 4.15. The van der Waals surface area contributed by atoms with E-state index in [1.165, 1.54) is 11.1 Å². The molecule has 1 amide bonds. The summed E-state index contributed by atoms with van der Waals surface area (Å²) >= 11 is 5.68. The lowest BCUT2D eigenvalue weighted by Gasteiger charge is -2.52. The Balaban J connectivity index is 1.79. The van der Waals surface area contributed by atoms with Crippen molar-refractivity contribution in [3.63, 3.8) is 0 Å². The summed E-state index contributed by atoms with van der Waals surface area (Å²) in [5.41, 5.74) is 1.82. The number of halogens is 1. The molecule has 0 heterocycles. The SMILES string of the molecule is O=C(CCl)NC12CC3CC(O)(CC(C1)c1ccccc13)C2. The molecular formula is C17H20ClNO2. The lowest BCUT2D eigenvalue weighted by atomic mass is 9.60. The molecule has 0 aromatic heterocycles. The Morgan fingerprint density at radius 2 is 1.76 bits per heavy atom. The van der Waals surface area contributed by atoms with Crippen LogP contribution >= 0.6 is 11.6 Å². The van der Waals surface area contributed by atoms with E-state index in [4.69, 9.17) is 11.6 Å². The molecule has 1 aromatic carbocycles. The fraction of sp³-hybridized carbons (Fsp3) is 0.588. The Kier molecular flexibility index (Phi) is 2.89. The van der Waals surface area contributed by atoms with Crippen LogP contribution in [-0.4, -0.2) is 28.0 Å². The van der Waals surface area contributed by atoms with Gasteiger partial charge in [0, 0.05) is 5.54 Å². The zero-order chi connectivity index (χ0) is 14.7. The van der Waals surface area contributed by atoms with Crippen LogP contribution in [0.15, 0.2) is 24.3 Å². The maximum atomic E-state index is 11.9. The predicted molar refractivity (Wildman–Crippen MR) is 81.6 cm³/mol. The molecule has 3 nitrogen and oxygen atoms in total. The molecule has 4 heteroatoms. The first-order chi connectivity index (χ1) is 10.0. The summed E-state index contributed by atoms with van der Waals surface area (Å²) in [4.78, 5) is 11.9. The quantitative estimate of drug-likeness (QED) is 0.825. The Labute approximate surface area is 129 Å². The smallest absolute Gasteiger partial charge is 0.235 e. The Morgan fingerprint density at radius 1 is 1.19 bits per heavy atom. The summed E-state index contributed by atoms with van der Waals surface area (Å²) in [7, 11) is 0. The van der Waals surface area contributed by atoms with Gasteiger partial charge in [0.05, 0.1) is 5.60 Å². The fourth-order valence-electron chi connectivity index (χ4n) is 5.26. The van der Waals surface area contributed by atoms with Gasteiger partial charge in [-0.2, -0.15) is 0 Å². The minimum absolute atomic E-state index is 0.0114. The van der Waals surface area contributed by atoms with Crippen molar-refractivity contribution in [3.05, 3.63) is 35.4 Å². The van der Waals surface area contributed by atoms with Gasteiger partial charge in [0.1, 0.15) is 5.88 Å². The number of nitrogens with one attached hydrogen (secondary N) is 1. The number of hydrogen-bond acceptors (Lipinski definition) is 2. The molecule has 0 spiro atoms. The number of hydrogen-bond donors (Lipinski definition) is 2. The molecule has 0 aliphatic heterocycles. The van der Waals surface area contributed by atoms with Crippen LogP contribution in [-0.2, 0) is 4.79 Å². The number of aliphatic hydroxyl groups is 1. The molecule has 2 saturated carbocycles. The van der Waals surface area contributed by atoms with Gasteiger partial charge >= 0.3 is 0 Å². The minimum atomic E-state index is -0.648. The molecule has 0 radical (unpaired) electrons. The van der Waals surface area contributed by atoms with E-state index in [0.29, 0.717) is 18.3 Å². The van der Waals surface area contributed by atoms with Gasteiger partial charge in [-0.1, -0.05) is 24.3 Å². The molecule has 5 rings (SSSR count). The molecule has 2 atom stereocenters. The summed E-state index contributed by atoms with van der Waals surface area (Å²) in [6.45, 7) is 0. The zero-order valence-electron chi connectivity index (χ0n) is 11.9. The van der Waals surface area contributed by atoms with Gasteiger partial charge < -0.3 is 10.4 Å². The molecular weight excluding hydrogens is 286 g/mol. The summed E-state index contributed by atoms with van der Waals surface area (Å²) in [5.74, 6) is 0.542. The zero-order valence-corrected chi connectivity index (χ0v) is 12.7. The average Bonchev–Trinajstić information content (AvgIpc) is 2.58. The number of alkyl halides is 1. The van der Waals surface area contributed by atoms with Crippen molar-refractivity contribution in [2.24, 2.45) is 0 Å². The second-order valence-electron chi connectivity index (χ2n) is 7.20. The highest BCUT2D eigenvalue weighted by Crippen LogP contribution is 2.59. The lowest BCUT2D eigenvalue weighted by Crippen LogP contribution is -2.60. The molecule has 2 N–H and O–H groups in total. The van der Waals surface area contributed by atoms with Crippen LogP contribution in [0.5, 0.6) is 0 Å². The van der Waals surface area contributed by atoms with Crippen molar-refractivity contribution in [3.8, 4) is 0 Å². The van der Waals surface area contributed by atoms with Crippen molar-refractivity contribution in [1.82, 2.24) is 5.32 Å². The van der Waals surface area contributed by atoms with Gasteiger partial charge in [-0.25, -0.2) is 0 Å². The standard InChI is InChI=1S/C17H20ClNO2/c18-9-15(20)19-16-5-11-7-17(21,10-16)8-12(6-16)14-4-2-1-3-13(11)14/h1-4,11-12,21H,5-10H2,(H,19,20). The third kappa shape index (κ3) is 2.09. The first-order valence-electron chi connectivity index (χ1n) is 7.71. The third-order valence-electron chi connectivity index (χ3n) is 5.60. The van der Waals surface area contributed by atoms with Gasteiger partial charge in [-0.3, -0.25) is 4.79 Å². The number of amides is 1. The summed E-state index contributed by atoms with van der Waals surface area (Å²) in [6, 6.07) is 8.56. The third-order valence-corrected chi connectivity index (χ3v) is 5.84. The van der Waals surface area contributed by atoms with Crippen LogP contribution in [0.25, 0.3) is 0 Å². The number of carbonyl (C=O) groups excluding carboxylic acids is 1. The minimum Gasteiger partial charge on any atom is -0.390 e. The molecule has 4 bridgehead atoms. The first kappa shape index (κ1) is 13.6. The molecule has 2 fully saturated rings. The van der Waals surface area contributed by atoms with Crippen LogP contribution in [0.1, 0.15) is 55.1 Å². The highest BCUT2D eigenvalue weighted by atomic mass is 35.5. The number of rotatable bonds is 2. The molecule has 0 saturated heterocycles. The highest BCUT2D eigenvalue weighted by Gasteiger charge is 2.56. The molecule has 4 aliphatic rings. The summed E-state index contributed by atoms with van der Waals surface area (Å²) < 4.78 is 0. The second kappa shape index (κ2) is 4.47. The van der Waals surface area contributed by atoms with Crippen LogP contribution < -0.4 is 5.32 Å². The van der Waals surface area contributed by atoms with Crippen molar-refractivity contribution < 1.29 is 9.90 Å². The Hall–Kier alpha value is -1.06. The topological polar surface area (TPSA) is 49.3 Å². The lowest BCUT2D eigenvalue weighted by molar-refractivity contribution is -0.126. The van der Waals surface area contributed by atoms with E-state index in [1.54, 1.807) is 0 Å². The van der Waals surface area contributed by atoms with Crippen LogP contribution in [0.2, 0.25) is 0 Å². The highest BCUT2D eigenvalue weighted by molar-refractivity contribution is 6.27. The number of carbonyl (C=O) groups is 1. The molecule has 1 aromatic rings. The maximum absolute atomic E-state index is 11.9. The monoisotopic (exact) mass is 305 g/mol. The van der Waals surface area contributed by atoms with E-state index >= 15 is 0 Å². The summed E-state index contributed by atoms with van der Waals surface area (Å²) in [5, 5.41) is 14.2. The van der Waals surface area contributed by atoms with Gasteiger partial charge in [0.2, 0.25) is 5.91 Å². The number of benzene rings is 1.